The maximum absolute atomic E-state index is 10.9. The highest BCUT2D eigenvalue weighted by molar-refractivity contribution is 9.10. The molecule has 6 heteroatoms. The van der Waals surface area contributed by atoms with Crippen LogP contribution in [0.15, 0.2) is 45.9 Å². The summed E-state index contributed by atoms with van der Waals surface area (Å²) in [6.07, 6.45) is 2.44. The predicted molar refractivity (Wildman–Crippen MR) is 94.9 cm³/mol. The topological polar surface area (TPSA) is 75.7 Å². The van der Waals surface area contributed by atoms with Gasteiger partial charge in [0.15, 0.2) is 0 Å². The number of para-hydroxylation sites is 1. The molecule has 0 fully saturated rings. The third-order valence-corrected chi connectivity index (χ3v) is 4.32. The lowest BCUT2D eigenvalue weighted by atomic mass is 9.97. The second-order valence-corrected chi connectivity index (χ2v) is 6.10. The van der Waals surface area contributed by atoms with E-state index in [1.54, 1.807) is 0 Å². The van der Waals surface area contributed by atoms with Crippen molar-refractivity contribution < 1.29 is 10.0 Å². The smallest absolute Gasteiger partial charge is 0.271 e. The van der Waals surface area contributed by atoms with Crippen LogP contribution in [0.5, 0.6) is 5.75 Å². The van der Waals surface area contributed by atoms with Crippen LogP contribution < -0.4 is 0 Å². The van der Waals surface area contributed by atoms with Crippen LogP contribution in [0.3, 0.4) is 0 Å². The molecule has 0 aliphatic rings. The average Bonchev–Trinajstić information content (AvgIpc) is 2.55. The summed E-state index contributed by atoms with van der Waals surface area (Å²) in [5, 5.41) is 21.0. The van der Waals surface area contributed by atoms with Crippen LogP contribution in [-0.4, -0.2) is 16.2 Å². The number of nitro groups is 1. The van der Waals surface area contributed by atoms with Crippen LogP contribution in [0, 0.1) is 10.1 Å². The van der Waals surface area contributed by atoms with Gasteiger partial charge >= 0.3 is 0 Å². The average molecular weight is 377 g/mol. The quantitative estimate of drug-likeness (QED) is 0.435. The van der Waals surface area contributed by atoms with E-state index < -0.39 is 4.92 Å². The van der Waals surface area contributed by atoms with Gasteiger partial charge in [0.05, 0.1) is 15.1 Å². The minimum atomic E-state index is -0.505. The summed E-state index contributed by atoms with van der Waals surface area (Å²) in [7, 11) is 0. The third-order valence-electron chi connectivity index (χ3n) is 3.71. The molecule has 0 aliphatic heterocycles. The first-order valence-corrected chi connectivity index (χ1v) is 8.03. The zero-order valence-electron chi connectivity index (χ0n) is 12.9. The van der Waals surface area contributed by atoms with Crippen molar-refractivity contribution in [2.24, 2.45) is 4.99 Å². The largest absolute Gasteiger partial charge is 0.506 e. The number of halogens is 1. The summed E-state index contributed by atoms with van der Waals surface area (Å²) >= 11 is 3.12. The van der Waals surface area contributed by atoms with Crippen molar-refractivity contribution in [1.82, 2.24) is 0 Å². The highest BCUT2D eigenvalue weighted by Gasteiger charge is 2.14. The Labute approximate surface area is 143 Å². The van der Waals surface area contributed by atoms with Gasteiger partial charge in [-0.25, -0.2) is 0 Å². The zero-order valence-corrected chi connectivity index (χ0v) is 14.4. The molecule has 0 radical (unpaired) electrons. The molecule has 0 unspecified atom stereocenters. The monoisotopic (exact) mass is 376 g/mol. The van der Waals surface area contributed by atoms with Gasteiger partial charge < -0.3 is 5.11 Å². The van der Waals surface area contributed by atoms with Crippen molar-refractivity contribution in [1.29, 1.82) is 0 Å². The molecule has 0 spiro atoms. The van der Waals surface area contributed by atoms with Gasteiger partial charge in [-0.1, -0.05) is 32.0 Å². The Kier molecular flexibility index (Phi) is 5.50. The summed E-state index contributed by atoms with van der Waals surface area (Å²) in [6.45, 7) is 4.23. The molecule has 0 heterocycles. The van der Waals surface area contributed by atoms with Crippen molar-refractivity contribution in [3.63, 3.8) is 0 Å². The zero-order chi connectivity index (χ0) is 17.0. The van der Waals surface area contributed by atoms with Crippen molar-refractivity contribution in [2.45, 2.75) is 26.2 Å². The summed E-state index contributed by atoms with van der Waals surface area (Å²) in [6, 6.07) is 10.3. The number of hydrogen-bond acceptors (Lipinski definition) is 4. The van der Waals surface area contributed by atoms with Gasteiger partial charge in [-0.15, -0.1) is 0 Å². The van der Waals surface area contributed by atoms with E-state index in [1.165, 1.54) is 18.3 Å². The van der Waals surface area contributed by atoms with Crippen LogP contribution in [0.25, 0.3) is 0 Å². The number of nitro benzene ring substituents is 1. The van der Waals surface area contributed by atoms with E-state index in [0.717, 1.165) is 17.7 Å². The van der Waals surface area contributed by atoms with Gasteiger partial charge in [-0.05, 0) is 39.9 Å². The fourth-order valence-corrected chi connectivity index (χ4v) is 2.65. The van der Waals surface area contributed by atoms with E-state index in [9.17, 15) is 15.2 Å². The number of phenolic OH excluding ortho intramolecular Hbond substituents is 1. The first-order chi connectivity index (χ1) is 10.9. The Bertz CT molecular complexity index is 759. The summed E-state index contributed by atoms with van der Waals surface area (Å²) in [4.78, 5) is 14.8. The van der Waals surface area contributed by atoms with Crippen LogP contribution in [0.4, 0.5) is 11.4 Å². The highest BCUT2D eigenvalue weighted by Crippen LogP contribution is 2.33. The molecule has 1 atom stereocenters. The van der Waals surface area contributed by atoms with Gasteiger partial charge in [0.1, 0.15) is 5.75 Å². The molecule has 2 aromatic rings. The number of nitrogens with zero attached hydrogens (tertiary/aromatic N) is 2. The molecular formula is C17H17BrN2O3. The van der Waals surface area contributed by atoms with Gasteiger partial charge in [-0.2, -0.15) is 0 Å². The van der Waals surface area contributed by atoms with Crippen molar-refractivity contribution in [3.05, 3.63) is 62.1 Å². The molecule has 2 aromatic carbocycles. The Morgan fingerprint density at radius 2 is 2.09 bits per heavy atom. The molecule has 2 rings (SSSR count). The molecule has 1 N–H and O–H groups in total. The van der Waals surface area contributed by atoms with Crippen LogP contribution in [0.1, 0.15) is 37.3 Å². The molecule has 0 amide bonds. The van der Waals surface area contributed by atoms with E-state index in [1.807, 2.05) is 24.3 Å². The van der Waals surface area contributed by atoms with E-state index in [2.05, 4.69) is 34.8 Å². The van der Waals surface area contributed by atoms with Gasteiger partial charge in [-0.3, -0.25) is 15.1 Å². The maximum atomic E-state index is 10.9. The number of aliphatic imine (C=N–C) groups is 1. The molecule has 0 aromatic heterocycles. The van der Waals surface area contributed by atoms with Crippen molar-refractivity contribution >= 4 is 33.5 Å². The van der Waals surface area contributed by atoms with E-state index in [0.29, 0.717) is 11.5 Å². The number of hydrogen-bond donors (Lipinski definition) is 1. The summed E-state index contributed by atoms with van der Waals surface area (Å²) in [5.74, 6) is 0.286. The second-order valence-electron chi connectivity index (χ2n) is 5.25. The van der Waals surface area contributed by atoms with Crippen LogP contribution in [-0.2, 0) is 0 Å². The van der Waals surface area contributed by atoms with Crippen LogP contribution in [0.2, 0.25) is 0 Å². The Balaban J connectivity index is 2.44. The SMILES string of the molecule is CC[C@H](C)c1ccccc1N=Cc1cc([N+](=O)[O-])cc(Br)c1O. The fourth-order valence-electron chi connectivity index (χ4n) is 2.19. The Hall–Kier alpha value is -2.21. The van der Waals surface area contributed by atoms with Gasteiger partial charge in [0, 0.05) is 23.9 Å². The van der Waals surface area contributed by atoms with E-state index in [-0.39, 0.29) is 15.9 Å². The molecule has 0 saturated heterocycles. The molecule has 23 heavy (non-hydrogen) atoms. The Morgan fingerprint density at radius 1 is 1.39 bits per heavy atom. The molecule has 0 aliphatic carbocycles. The number of aromatic hydroxyl groups is 1. The summed E-state index contributed by atoms with van der Waals surface area (Å²) < 4.78 is 0.267. The first-order valence-electron chi connectivity index (χ1n) is 7.24. The number of benzene rings is 2. The number of rotatable bonds is 5. The van der Waals surface area contributed by atoms with Crippen LogP contribution >= 0.6 is 15.9 Å². The minimum Gasteiger partial charge on any atom is -0.506 e. The van der Waals surface area contributed by atoms with Gasteiger partial charge in [0.2, 0.25) is 0 Å². The standard InChI is InChI=1S/C17H17BrN2O3/c1-3-11(2)14-6-4-5-7-16(14)19-10-12-8-13(20(22)23)9-15(18)17(12)21/h4-11,21H,3H2,1-2H3/t11-/m0/s1. The molecule has 0 saturated carbocycles. The lowest BCUT2D eigenvalue weighted by molar-refractivity contribution is -0.385. The van der Waals surface area contributed by atoms with Gasteiger partial charge in [0.25, 0.3) is 5.69 Å². The van der Waals surface area contributed by atoms with E-state index >= 15 is 0 Å². The molecular weight excluding hydrogens is 360 g/mol. The number of non-ortho nitro benzene ring substituents is 1. The minimum absolute atomic E-state index is 0.0691. The Morgan fingerprint density at radius 3 is 2.74 bits per heavy atom. The summed E-state index contributed by atoms with van der Waals surface area (Å²) in [5.41, 5.74) is 2.09. The number of phenols is 1. The van der Waals surface area contributed by atoms with Crippen molar-refractivity contribution in [2.75, 3.05) is 0 Å². The first kappa shape index (κ1) is 17.1. The molecule has 120 valence electrons. The third kappa shape index (κ3) is 3.96. The normalized spacial score (nSPS) is 12.5. The predicted octanol–water partition coefficient (Wildman–Crippen LogP) is 5.33. The molecule has 0 bridgehead atoms. The second kappa shape index (κ2) is 7.37. The lowest BCUT2D eigenvalue weighted by Gasteiger charge is -2.11. The molecule has 5 nitrogen and oxygen atoms in total. The highest BCUT2D eigenvalue weighted by atomic mass is 79.9. The van der Waals surface area contributed by atoms with Crippen molar-refractivity contribution in [3.8, 4) is 5.75 Å². The maximum Gasteiger partial charge on any atom is 0.271 e. The van der Waals surface area contributed by atoms with E-state index in [4.69, 9.17) is 0 Å². The fraction of sp³-hybridized carbons (Fsp3) is 0.235. The lowest BCUT2D eigenvalue weighted by Crippen LogP contribution is -1.93.